The fourth-order valence-corrected chi connectivity index (χ4v) is 3.54. The van der Waals surface area contributed by atoms with Gasteiger partial charge in [-0.15, -0.1) is 0 Å². The van der Waals surface area contributed by atoms with E-state index in [-0.39, 0.29) is 11.6 Å². The number of hydrogen-bond donors (Lipinski definition) is 1. The van der Waals surface area contributed by atoms with Gasteiger partial charge in [-0.05, 0) is 30.7 Å². The van der Waals surface area contributed by atoms with E-state index in [0.29, 0.717) is 5.41 Å². The Morgan fingerprint density at radius 3 is 2.71 bits per heavy atom. The third-order valence-electron chi connectivity index (χ3n) is 4.29. The second-order valence-electron chi connectivity index (χ2n) is 6.47. The fourth-order valence-electron chi connectivity index (χ4n) is 3.54. The zero-order valence-corrected chi connectivity index (χ0v) is 10.7. The van der Waals surface area contributed by atoms with Crippen LogP contribution in [0, 0.1) is 5.41 Å². The topological polar surface area (TPSA) is 35.2 Å². The van der Waals surface area contributed by atoms with E-state index in [2.05, 4.69) is 26.0 Å². The van der Waals surface area contributed by atoms with E-state index in [9.17, 15) is 0 Å². The molecule has 1 saturated carbocycles. The zero-order valence-electron chi connectivity index (χ0n) is 10.7. The van der Waals surface area contributed by atoms with E-state index in [1.807, 2.05) is 12.1 Å². The number of fused-ring (bicyclic) bond motifs is 1. The number of rotatable bonds is 0. The summed E-state index contributed by atoms with van der Waals surface area (Å²) in [6.45, 7) is 4.66. The van der Waals surface area contributed by atoms with Gasteiger partial charge in [-0.1, -0.05) is 32.0 Å². The van der Waals surface area contributed by atoms with Crippen molar-refractivity contribution in [1.82, 2.24) is 0 Å². The van der Waals surface area contributed by atoms with Gasteiger partial charge in [0.2, 0.25) is 0 Å². The summed E-state index contributed by atoms with van der Waals surface area (Å²) in [5, 5.41) is 0. The second kappa shape index (κ2) is 3.49. The third kappa shape index (κ3) is 1.85. The van der Waals surface area contributed by atoms with Crippen molar-refractivity contribution in [2.75, 3.05) is 0 Å². The highest BCUT2D eigenvalue weighted by molar-refractivity contribution is 5.39. The van der Waals surface area contributed by atoms with Gasteiger partial charge in [0.15, 0.2) is 0 Å². The maximum absolute atomic E-state index is 6.31. The summed E-state index contributed by atoms with van der Waals surface area (Å²) in [4.78, 5) is 0. The Balaban J connectivity index is 1.94. The van der Waals surface area contributed by atoms with Crippen molar-refractivity contribution in [1.29, 1.82) is 0 Å². The van der Waals surface area contributed by atoms with Crippen LogP contribution in [0.5, 0.6) is 5.75 Å². The average Bonchev–Trinajstić information content (AvgIpc) is 2.54. The monoisotopic (exact) mass is 231 g/mol. The predicted molar refractivity (Wildman–Crippen MR) is 69.0 cm³/mol. The lowest BCUT2D eigenvalue weighted by Gasteiger charge is -2.39. The summed E-state index contributed by atoms with van der Waals surface area (Å²) in [5.74, 6) is 1.00. The van der Waals surface area contributed by atoms with Crippen LogP contribution in [-0.2, 0) is 0 Å². The largest absolute Gasteiger partial charge is 0.487 e. The highest BCUT2D eigenvalue weighted by Gasteiger charge is 2.48. The summed E-state index contributed by atoms with van der Waals surface area (Å²) in [6, 6.07) is 8.35. The molecule has 0 amide bonds. The number of para-hydroxylation sites is 1. The minimum Gasteiger partial charge on any atom is -0.487 e. The van der Waals surface area contributed by atoms with Crippen molar-refractivity contribution in [2.45, 2.75) is 51.2 Å². The minimum atomic E-state index is -0.00271. The average molecular weight is 231 g/mol. The summed E-state index contributed by atoms with van der Waals surface area (Å²) < 4.78 is 6.31. The molecule has 0 aromatic heterocycles. The Kier molecular flexibility index (Phi) is 2.27. The van der Waals surface area contributed by atoms with Gasteiger partial charge in [-0.2, -0.15) is 0 Å². The Hall–Kier alpha value is -1.02. The van der Waals surface area contributed by atoms with Gasteiger partial charge in [0, 0.05) is 18.0 Å². The Labute approximate surface area is 103 Å². The Bertz CT molecular complexity index is 440. The predicted octanol–water partition coefficient (Wildman–Crippen LogP) is 3.42. The molecule has 2 heteroatoms. The van der Waals surface area contributed by atoms with Crippen molar-refractivity contribution in [3.63, 3.8) is 0 Å². The van der Waals surface area contributed by atoms with Gasteiger partial charge in [-0.25, -0.2) is 0 Å². The molecule has 0 bridgehead atoms. The first kappa shape index (κ1) is 11.1. The van der Waals surface area contributed by atoms with E-state index in [1.54, 1.807) is 0 Å². The third-order valence-corrected chi connectivity index (χ3v) is 4.29. The van der Waals surface area contributed by atoms with Crippen LogP contribution in [0.1, 0.15) is 51.1 Å². The first-order valence-electron chi connectivity index (χ1n) is 6.53. The summed E-state index contributed by atoms with van der Waals surface area (Å²) in [7, 11) is 0. The van der Waals surface area contributed by atoms with Crippen molar-refractivity contribution in [3.05, 3.63) is 29.8 Å². The van der Waals surface area contributed by atoms with Gasteiger partial charge >= 0.3 is 0 Å². The van der Waals surface area contributed by atoms with Crippen LogP contribution in [0.4, 0.5) is 0 Å². The van der Waals surface area contributed by atoms with Crippen molar-refractivity contribution < 1.29 is 4.74 Å². The molecule has 92 valence electrons. The molecule has 17 heavy (non-hydrogen) atoms. The molecule has 1 spiro atoms. The van der Waals surface area contributed by atoms with Crippen LogP contribution in [-0.4, -0.2) is 5.60 Å². The first-order valence-corrected chi connectivity index (χ1v) is 6.53. The SMILES string of the molecule is CC1(C)CCC2(C[C@H](N)c3ccccc3O2)C1. The standard InChI is InChI=1S/C15H21NO/c1-14(2)7-8-15(10-14)9-12(16)11-5-3-4-6-13(11)17-15/h3-6,12H,7-10,16H2,1-2H3/t12-,15?/m0/s1. The molecule has 1 heterocycles. The summed E-state index contributed by atoms with van der Waals surface area (Å²) >= 11 is 0. The molecule has 1 aliphatic heterocycles. The van der Waals surface area contributed by atoms with Gasteiger partial charge in [0.25, 0.3) is 0 Å². The summed E-state index contributed by atoms with van der Waals surface area (Å²) in [6.07, 6.45) is 4.47. The lowest BCUT2D eigenvalue weighted by atomic mass is 9.83. The molecule has 3 rings (SSSR count). The molecule has 1 aromatic carbocycles. The number of nitrogens with two attached hydrogens (primary N) is 1. The van der Waals surface area contributed by atoms with E-state index >= 15 is 0 Å². The van der Waals surface area contributed by atoms with Crippen LogP contribution in [0.15, 0.2) is 24.3 Å². The molecule has 2 N–H and O–H groups in total. The van der Waals surface area contributed by atoms with E-state index in [0.717, 1.165) is 25.0 Å². The lowest BCUT2D eigenvalue weighted by Crippen LogP contribution is -2.41. The molecular formula is C15H21NO. The van der Waals surface area contributed by atoms with Gasteiger partial charge in [0.1, 0.15) is 11.4 Å². The quantitative estimate of drug-likeness (QED) is 0.742. The van der Waals surface area contributed by atoms with E-state index < -0.39 is 0 Å². The van der Waals surface area contributed by atoms with Crippen LogP contribution in [0.2, 0.25) is 0 Å². The summed E-state index contributed by atoms with van der Waals surface area (Å²) in [5.41, 5.74) is 7.87. The molecule has 1 aromatic rings. The fraction of sp³-hybridized carbons (Fsp3) is 0.600. The minimum absolute atomic E-state index is 0.00271. The molecule has 1 unspecified atom stereocenters. The van der Waals surface area contributed by atoms with Crippen molar-refractivity contribution in [3.8, 4) is 5.75 Å². The van der Waals surface area contributed by atoms with E-state index in [4.69, 9.17) is 10.5 Å². The van der Waals surface area contributed by atoms with Crippen molar-refractivity contribution in [2.24, 2.45) is 11.1 Å². The maximum Gasteiger partial charge on any atom is 0.124 e. The highest BCUT2D eigenvalue weighted by Crippen LogP contribution is 2.52. The Morgan fingerprint density at radius 2 is 2.00 bits per heavy atom. The van der Waals surface area contributed by atoms with E-state index in [1.165, 1.54) is 12.0 Å². The zero-order chi connectivity index (χ0) is 12.1. The first-order chi connectivity index (χ1) is 8.00. The molecular weight excluding hydrogens is 210 g/mol. The highest BCUT2D eigenvalue weighted by atomic mass is 16.5. The van der Waals surface area contributed by atoms with Crippen LogP contribution >= 0.6 is 0 Å². The number of hydrogen-bond acceptors (Lipinski definition) is 2. The maximum atomic E-state index is 6.31. The molecule has 1 fully saturated rings. The molecule has 1 aliphatic carbocycles. The van der Waals surface area contributed by atoms with Crippen LogP contribution < -0.4 is 10.5 Å². The molecule has 2 atom stereocenters. The Morgan fingerprint density at radius 1 is 1.24 bits per heavy atom. The molecule has 0 radical (unpaired) electrons. The lowest BCUT2D eigenvalue weighted by molar-refractivity contribution is 0.0331. The molecule has 2 nitrogen and oxygen atoms in total. The smallest absolute Gasteiger partial charge is 0.124 e. The van der Waals surface area contributed by atoms with Crippen LogP contribution in [0.25, 0.3) is 0 Å². The van der Waals surface area contributed by atoms with Crippen molar-refractivity contribution >= 4 is 0 Å². The molecule has 0 saturated heterocycles. The van der Waals surface area contributed by atoms with Crippen LogP contribution in [0.3, 0.4) is 0 Å². The van der Waals surface area contributed by atoms with Gasteiger partial charge < -0.3 is 10.5 Å². The molecule has 2 aliphatic rings. The van der Waals surface area contributed by atoms with Gasteiger partial charge in [0.05, 0.1) is 0 Å². The van der Waals surface area contributed by atoms with Gasteiger partial charge in [-0.3, -0.25) is 0 Å². The number of ether oxygens (including phenoxy) is 1. The number of benzene rings is 1. The normalized spacial score (nSPS) is 34.4. The second-order valence-corrected chi connectivity index (χ2v) is 6.47.